The molecule has 5 heterocycles. The highest BCUT2D eigenvalue weighted by Crippen LogP contribution is 2.39. The number of carbonyl (C=O) groups excluding carboxylic acids is 5. The van der Waals surface area contributed by atoms with Crippen molar-refractivity contribution in [2.75, 3.05) is 32.9 Å². The lowest BCUT2D eigenvalue weighted by Gasteiger charge is -2.43. The predicted molar refractivity (Wildman–Crippen MR) is 274 cm³/mol. The Labute approximate surface area is 433 Å². The molecule has 16 heteroatoms. The van der Waals surface area contributed by atoms with Crippen molar-refractivity contribution in [2.24, 2.45) is 35.5 Å². The fourth-order valence-electron chi connectivity index (χ4n) is 12.1. The van der Waals surface area contributed by atoms with Gasteiger partial charge in [-0.05, 0) is 132 Å². The number of benzene rings is 1. The predicted octanol–water partition coefficient (Wildman–Crippen LogP) is 7.04. The summed E-state index contributed by atoms with van der Waals surface area (Å²) in [4.78, 5) is 79.9. The van der Waals surface area contributed by atoms with Crippen molar-refractivity contribution in [3.8, 4) is 0 Å². The minimum Gasteiger partial charge on any atom is -0.460 e. The topological polar surface area (TPSA) is 208 Å². The van der Waals surface area contributed by atoms with Gasteiger partial charge in [0, 0.05) is 58.5 Å². The number of esters is 1. The molecule has 408 valence electrons. The second-order valence-corrected chi connectivity index (χ2v) is 22.3. The first kappa shape index (κ1) is 58.4. The van der Waals surface area contributed by atoms with E-state index in [1.165, 1.54) is 12.0 Å². The molecule has 0 aromatic heterocycles. The van der Waals surface area contributed by atoms with Gasteiger partial charge in [0.05, 0.1) is 36.1 Å². The van der Waals surface area contributed by atoms with Crippen molar-refractivity contribution in [2.45, 2.75) is 205 Å². The fourth-order valence-corrected chi connectivity index (χ4v) is 12.1. The number of methoxy groups -OCH3 is 3. The van der Waals surface area contributed by atoms with Crippen molar-refractivity contribution in [3.05, 3.63) is 53.6 Å². The Morgan fingerprint density at radius 3 is 2.22 bits per heavy atom. The number of para-hydroxylation sites is 1. The molecule has 0 radical (unpaired) electrons. The minimum atomic E-state index is -2.46. The number of allylic oxidation sites excluding steroid dienone is 1. The molecular weight excluding hydrogens is 937 g/mol. The quantitative estimate of drug-likeness (QED) is 0.142. The van der Waals surface area contributed by atoms with E-state index >= 15 is 0 Å². The Morgan fingerprint density at radius 1 is 0.808 bits per heavy atom. The molecule has 3 saturated heterocycles. The molecule has 5 aliphatic heterocycles. The van der Waals surface area contributed by atoms with E-state index in [4.69, 9.17) is 28.5 Å². The van der Waals surface area contributed by atoms with Crippen molar-refractivity contribution >= 4 is 34.9 Å². The maximum Gasteiger partial charge on any atom is 0.329 e. The lowest BCUT2D eigenvalue weighted by Crippen LogP contribution is -2.61. The van der Waals surface area contributed by atoms with Crippen LogP contribution in [0.25, 0.3) is 0 Å². The number of hydrogen-bond donors (Lipinski definition) is 3. The van der Waals surface area contributed by atoms with Crippen LogP contribution in [0.4, 0.5) is 5.69 Å². The van der Waals surface area contributed by atoms with Gasteiger partial charge in [0.1, 0.15) is 36.2 Å². The number of ketones is 3. The third kappa shape index (κ3) is 14.1. The average molecular weight is 1020 g/mol. The van der Waals surface area contributed by atoms with Gasteiger partial charge in [-0.15, -0.1) is 0 Å². The third-order valence-corrected chi connectivity index (χ3v) is 16.9. The molecule has 2 unspecified atom stereocenters. The molecule has 4 fully saturated rings. The normalized spacial score (nSPS) is 39.5. The van der Waals surface area contributed by atoms with Crippen molar-refractivity contribution in [1.29, 1.82) is 0 Å². The summed E-state index contributed by atoms with van der Waals surface area (Å²) >= 11 is 0. The monoisotopic (exact) mass is 1020 g/mol. The second-order valence-electron chi connectivity index (χ2n) is 22.3. The van der Waals surface area contributed by atoms with Gasteiger partial charge in [-0.25, -0.2) is 4.79 Å². The lowest BCUT2D eigenvalue weighted by molar-refractivity contribution is -0.265. The number of aliphatic hydroxyl groups excluding tert-OH is 2. The van der Waals surface area contributed by atoms with Crippen LogP contribution in [0.1, 0.15) is 138 Å². The molecule has 73 heavy (non-hydrogen) atoms. The maximum atomic E-state index is 14.5. The molecule has 1 saturated carbocycles. The molecule has 1 aromatic rings. The summed E-state index contributed by atoms with van der Waals surface area (Å²) in [5.41, 5.74) is 2.11. The van der Waals surface area contributed by atoms with E-state index in [0.717, 1.165) is 17.7 Å². The molecule has 1 amide bonds. The van der Waals surface area contributed by atoms with Crippen LogP contribution in [0.3, 0.4) is 0 Å². The number of Topliss-reactive ketones (excluding diaryl/α,β-unsaturated/α-hetero) is 3. The van der Waals surface area contributed by atoms with E-state index in [9.17, 15) is 39.3 Å². The number of piperidine rings is 1. The summed E-state index contributed by atoms with van der Waals surface area (Å²) in [6.45, 7) is 12.9. The van der Waals surface area contributed by atoms with Crippen LogP contribution in [0, 0.1) is 35.5 Å². The number of hydroxylamine groups is 1. The molecule has 4 bridgehead atoms. The van der Waals surface area contributed by atoms with Crippen molar-refractivity contribution in [1.82, 2.24) is 4.90 Å². The number of aliphatic hydroxyl groups is 3. The SMILES string of the molecule is CO[C@H]1C[C@@H]2CC[C@@H](C)[C@@](O)(O2)C(=O)C(=O)N2CCCC[C@H]2C(=O)O[C@H]([C@H](C)C[C@@H]2CC[C@@H](O)[C@H](OC)C2)CC(=O)[C@H](C)/C=C(\C)[C@@H](O)[C@@H](OC)C(=O)[C@H](C)C[C@H](C)C2CCC(/C=C/1C)ON2c1ccccc1. The highest BCUT2D eigenvalue weighted by atomic mass is 16.7. The lowest BCUT2D eigenvalue weighted by atomic mass is 9.78. The molecule has 1 aromatic carbocycles. The summed E-state index contributed by atoms with van der Waals surface area (Å²) in [5.74, 6) is -8.21. The maximum absolute atomic E-state index is 14.5. The molecular formula is C57H86N2O14. The number of amides is 1. The number of anilines is 1. The number of rotatable bonds is 7. The Morgan fingerprint density at radius 2 is 1.53 bits per heavy atom. The van der Waals surface area contributed by atoms with Crippen LogP contribution >= 0.6 is 0 Å². The summed E-state index contributed by atoms with van der Waals surface area (Å²) in [6, 6.07) is 8.56. The molecule has 7 rings (SSSR count). The van der Waals surface area contributed by atoms with E-state index < -0.39 is 83.9 Å². The molecule has 16 nitrogen and oxygen atoms in total. The number of carbonyl (C=O) groups is 5. The molecule has 17 atom stereocenters. The zero-order valence-electron chi connectivity index (χ0n) is 45.1. The number of hydrogen-bond acceptors (Lipinski definition) is 15. The van der Waals surface area contributed by atoms with E-state index in [2.05, 4.69) is 6.92 Å². The van der Waals surface area contributed by atoms with Gasteiger partial charge in [0.25, 0.3) is 11.7 Å². The fraction of sp³-hybridized carbons (Fsp3) is 0.737. The summed E-state index contributed by atoms with van der Waals surface area (Å²) < 4.78 is 29.9. The Balaban J connectivity index is 1.34. The van der Waals surface area contributed by atoms with Crippen LogP contribution in [-0.4, -0.2) is 144 Å². The highest BCUT2D eigenvalue weighted by molar-refractivity contribution is 6.39. The van der Waals surface area contributed by atoms with Gasteiger partial charge >= 0.3 is 5.97 Å². The largest absolute Gasteiger partial charge is 0.460 e. The van der Waals surface area contributed by atoms with Crippen LogP contribution in [0.15, 0.2) is 53.6 Å². The molecule has 6 aliphatic rings. The van der Waals surface area contributed by atoms with E-state index in [1.54, 1.807) is 41.1 Å². The van der Waals surface area contributed by atoms with E-state index in [-0.39, 0.29) is 73.4 Å². The van der Waals surface area contributed by atoms with Crippen molar-refractivity contribution in [3.63, 3.8) is 0 Å². The van der Waals surface area contributed by atoms with Crippen LogP contribution in [0.5, 0.6) is 0 Å². The van der Waals surface area contributed by atoms with E-state index in [1.807, 2.05) is 62.2 Å². The number of ether oxygens (including phenoxy) is 5. The van der Waals surface area contributed by atoms with Gasteiger partial charge in [0.15, 0.2) is 5.78 Å². The van der Waals surface area contributed by atoms with Crippen molar-refractivity contribution < 1.29 is 67.8 Å². The third-order valence-electron chi connectivity index (χ3n) is 16.9. The second kappa shape index (κ2) is 26.3. The molecule has 0 spiro atoms. The van der Waals surface area contributed by atoms with Gasteiger partial charge in [-0.3, -0.25) is 29.1 Å². The van der Waals surface area contributed by atoms with Crippen LogP contribution in [0.2, 0.25) is 0 Å². The number of fused-ring (bicyclic) bond motifs is 17. The molecule has 1 aliphatic carbocycles. The summed E-state index contributed by atoms with van der Waals surface area (Å²) in [5, 5.41) is 36.3. The first-order valence-corrected chi connectivity index (χ1v) is 27.1. The number of nitrogens with zero attached hydrogens (tertiary/aromatic N) is 2. The summed E-state index contributed by atoms with van der Waals surface area (Å²) in [7, 11) is 4.56. The minimum absolute atomic E-state index is 0.0349. The molecule has 3 N–H and O–H groups in total. The van der Waals surface area contributed by atoms with Gasteiger partial charge in [0.2, 0.25) is 5.79 Å². The highest BCUT2D eigenvalue weighted by Gasteiger charge is 2.53. The zero-order valence-corrected chi connectivity index (χ0v) is 45.1. The van der Waals surface area contributed by atoms with Gasteiger partial charge in [-0.2, -0.15) is 0 Å². The first-order chi connectivity index (χ1) is 34.7. The Hall–Kier alpha value is -3.87. The summed E-state index contributed by atoms with van der Waals surface area (Å²) in [6.07, 6.45) is 4.36. The zero-order chi connectivity index (χ0) is 53.3. The van der Waals surface area contributed by atoms with Crippen LogP contribution in [-0.2, 0) is 52.5 Å². The van der Waals surface area contributed by atoms with Crippen LogP contribution < -0.4 is 5.06 Å². The first-order valence-electron chi connectivity index (χ1n) is 27.1. The Bertz CT molecular complexity index is 2100. The van der Waals surface area contributed by atoms with Gasteiger partial charge in [-0.1, -0.05) is 65.0 Å². The van der Waals surface area contributed by atoms with Gasteiger partial charge < -0.3 is 43.9 Å². The average Bonchev–Trinajstić information content (AvgIpc) is 3.38. The smallest absolute Gasteiger partial charge is 0.329 e. The van der Waals surface area contributed by atoms with E-state index in [0.29, 0.717) is 69.8 Å². The standard InChI is InChI=1S/C57H86N2O14/c1-33-26-37(5)51(62)53(70-10)52(63)38(6)27-34(2)47(61)32-49(35(3)28-40-20-24-46(60)50(30-40)69-9)71-56(66)45-18-14-15-25-58(45)55(65)54(64)57(67)39(7)19-21-42(72-57)31-48(68-8)36(4)29-43-22-23-44(33)59(73-43)41-16-12-11-13-17-41/h11-13,16-17,27,29,33-35,37,39-40,42-46,48-50,52-53,60,63,67H,14-15,18-26,28,30-32H2,1-10H3/b36-29+,38-27+/t33-,34+,35+,37+,39+,40-,42-,43?,44?,45-,46+,48-,49-,50+,52+,53-,57+/m0/s1. The Kier molecular flexibility index (Phi) is 21.0.